The number of nitrogens with zero attached hydrogens (tertiary/aromatic N) is 4. The number of anilines is 1. The lowest BCUT2D eigenvalue weighted by atomic mass is 10.3. The van der Waals surface area contributed by atoms with Crippen LogP contribution in [0.25, 0.3) is 5.69 Å². The molecule has 3 aromatic rings. The van der Waals surface area contributed by atoms with Gasteiger partial charge in [0.25, 0.3) is 0 Å². The third-order valence-electron chi connectivity index (χ3n) is 2.90. The average molecular weight is 346 g/mol. The second-order valence-electron chi connectivity index (χ2n) is 4.54. The monoisotopic (exact) mass is 345 g/mol. The number of carbonyl (C=O) groups is 1. The van der Waals surface area contributed by atoms with Crippen molar-refractivity contribution in [2.45, 2.75) is 5.16 Å². The van der Waals surface area contributed by atoms with Crippen LogP contribution in [-0.2, 0) is 4.79 Å². The van der Waals surface area contributed by atoms with Crippen LogP contribution in [0.1, 0.15) is 0 Å². The Balaban J connectivity index is 1.65. The highest BCUT2D eigenvalue weighted by atomic mass is 35.5. The lowest BCUT2D eigenvalue weighted by Crippen LogP contribution is -2.14. The van der Waals surface area contributed by atoms with Crippen LogP contribution in [0.5, 0.6) is 0 Å². The summed E-state index contributed by atoms with van der Waals surface area (Å²) < 4.78 is 1.79. The number of pyridine rings is 1. The van der Waals surface area contributed by atoms with Gasteiger partial charge >= 0.3 is 0 Å². The molecule has 1 aromatic carbocycles. The zero-order valence-electron chi connectivity index (χ0n) is 11.9. The van der Waals surface area contributed by atoms with E-state index in [0.29, 0.717) is 15.9 Å². The van der Waals surface area contributed by atoms with E-state index in [1.54, 1.807) is 41.5 Å². The summed E-state index contributed by atoms with van der Waals surface area (Å²) in [5, 5.41) is 12.0. The second kappa shape index (κ2) is 7.26. The summed E-state index contributed by atoms with van der Waals surface area (Å²) in [7, 11) is 0. The predicted molar refractivity (Wildman–Crippen MR) is 90.0 cm³/mol. The normalized spacial score (nSPS) is 10.5. The van der Waals surface area contributed by atoms with Crippen molar-refractivity contribution in [1.82, 2.24) is 19.7 Å². The molecule has 8 heteroatoms. The summed E-state index contributed by atoms with van der Waals surface area (Å²) in [4.78, 5) is 15.9. The maximum atomic E-state index is 12.0. The van der Waals surface area contributed by atoms with Crippen molar-refractivity contribution in [2.24, 2.45) is 0 Å². The van der Waals surface area contributed by atoms with Gasteiger partial charge in [0.2, 0.25) is 5.91 Å². The highest BCUT2D eigenvalue weighted by molar-refractivity contribution is 7.99. The molecule has 3 rings (SSSR count). The highest BCUT2D eigenvalue weighted by Crippen LogP contribution is 2.21. The molecule has 0 spiro atoms. The first-order chi connectivity index (χ1) is 11.2. The van der Waals surface area contributed by atoms with Crippen LogP contribution >= 0.6 is 23.4 Å². The Morgan fingerprint density at radius 2 is 2.09 bits per heavy atom. The van der Waals surface area contributed by atoms with E-state index in [1.165, 1.54) is 11.8 Å². The van der Waals surface area contributed by atoms with Gasteiger partial charge in [-0.25, -0.2) is 0 Å². The van der Waals surface area contributed by atoms with Gasteiger partial charge in [0.05, 0.1) is 11.4 Å². The summed E-state index contributed by atoms with van der Waals surface area (Å²) in [5.41, 5.74) is 1.56. The zero-order chi connectivity index (χ0) is 16.1. The van der Waals surface area contributed by atoms with Crippen molar-refractivity contribution >= 4 is 35.0 Å². The number of rotatable bonds is 5. The van der Waals surface area contributed by atoms with Crippen LogP contribution in [0.4, 0.5) is 5.69 Å². The predicted octanol–water partition coefficient (Wildman–Crippen LogP) is 3.05. The third-order valence-corrected chi connectivity index (χ3v) is 4.08. The first kappa shape index (κ1) is 15.5. The molecule has 0 aliphatic carbocycles. The van der Waals surface area contributed by atoms with Crippen molar-refractivity contribution in [3.63, 3.8) is 0 Å². The fourth-order valence-corrected chi connectivity index (χ4v) is 2.80. The number of amides is 1. The molecule has 0 bridgehead atoms. The van der Waals surface area contributed by atoms with Gasteiger partial charge < -0.3 is 5.32 Å². The molecule has 116 valence electrons. The van der Waals surface area contributed by atoms with E-state index in [-0.39, 0.29) is 11.7 Å². The molecule has 23 heavy (non-hydrogen) atoms. The lowest BCUT2D eigenvalue weighted by molar-refractivity contribution is -0.113. The molecule has 0 fully saturated rings. The van der Waals surface area contributed by atoms with Gasteiger partial charge in [-0.15, -0.1) is 10.2 Å². The van der Waals surface area contributed by atoms with Gasteiger partial charge in [-0.05, 0) is 30.3 Å². The minimum Gasteiger partial charge on any atom is -0.325 e. The van der Waals surface area contributed by atoms with Crippen LogP contribution in [-0.4, -0.2) is 31.4 Å². The molecule has 0 atom stereocenters. The number of nitrogens with one attached hydrogen (secondary N) is 1. The summed E-state index contributed by atoms with van der Waals surface area (Å²) in [6, 6.07) is 10.8. The quantitative estimate of drug-likeness (QED) is 0.719. The number of aromatic nitrogens is 4. The van der Waals surface area contributed by atoms with E-state index < -0.39 is 0 Å². The molecule has 0 radical (unpaired) electrons. The Kier molecular flexibility index (Phi) is 4.89. The Morgan fingerprint density at radius 3 is 2.87 bits per heavy atom. The minimum absolute atomic E-state index is 0.123. The molecular formula is C15H12ClN5OS. The van der Waals surface area contributed by atoms with Crippen LogP contribution < -0.4 is 5.32 Å². The van der Waals surface area contributed by atoms with Gasteiger partial charge in [0.1, 0.15) is 6.33 Å². The molecule has 1 N–H and O–H groups in total. The number of hydrogen-bond acceptors (Lipinski definition) is 5. The Bertz CT molecular complexity index is 808. The maximum absolute atomic E-state index is 12.0. The second-order valence-corrected chi connectivity index (χ2v) is 5.92. The summed E-state index contributed by atoms with van der Waals surface area (Å²) in [6.07, 6.45) is 4.84. The number of thioether (sulfide) groups is 1. The van der Waals surface area contributed by atoms with E-state index in [0.717, 1.165) is 5.69 Å². The fraction of sp³-hybridized carbons (Fsp3) is 0.0667. The van der Waals surface area contributed by atoms with Gasteiger partial charge in [0, 0.05) is 23.1 Å². The maximum Gasteiger partial charge on any atom is 0.234 e. The molecule has 2 heterocycles. The topological polar surface area (TPSA) is 72.7 Å². The first-order valence-corrected chi connectivity index (χ1v) is 8.07. The molecule has 0 aliphatic heterocycles. The van der Waals surface area contributed by atoms with Gasteiger partial charge in [-0.1, -0.05) is 29.4 Å². The van der Waals surface area contributed by atoms with Crippen LogP contribution in [0, 0.1) is 0 Å². The smallest absolute Gasteiger partial charge is 0.234 e. The standard InChI is InChI=1S/C15H12ClN5OS/c16-11-2-1-3-13(8-11)21-10-18-20-15(21)23-9-14(22)19-12-4-6-17-7-5-12/h1-8,10H,9H2,(H,17,19,22). The Hall–Kier alpha value is -2.38. The lowest BCUT2D eigenvalue weighted by Gasteiger charge is -2.07. The van der Waals surface area contributed by atoms with Crippen molar-refractivity contribution in [3.05, 3.63) is 60.1 Å². The fourth-order valence-electron chi connectivity index (χ4n) is 1.89. The van der Waals surface area contributed by atoms with Crippen LogP contribution in [0.15, 0.2) is 60.3 Å². The molecule has 0 saturated carbocycles. The van der Waals surface area contributed by atoms with Crippen molar-refractivity contribution in [3.8, 4) is 5.69 Å². The van der Waals surface area contributed by atoms with Crippen LogP contribution in [0.3, 0.4) is 0 Å². The average Bonchev–Trinajstić information content (AvgIpc) is 3.02. The molecule has 0 saturated heterocycles. The van der Waals surface area contributed by atoms with Crippen LogP contribution in [0.2, 0.25) is 5.02 Å². The van der Waals surface area contributed by atoms with Gasteiger partial charge in [-0.2, -0.15) is 0 Å². The SMILES string of the molecule is O=C(CSc1nncn1-c1cccc(Cl)c1)Nc1ccncc1. The van der Waals surface area contributed by atoms with Crippen molar-refractivity contribution < 1.29 is 4.79 Å². The van der Waals surface area contributed by atoms with Crippen molar-refractivity contribution in [1.29, 1.82) is 0 Å². The van der Waals surface area contributed by atoms with E-state index >= 15 is 0 Å². The summed E-state index contributed by atoms with van der Waals surface area (Å²) >= 11 is 7.30. The third kappa shape index (κ3) is 4.08. The van der Waals surface area contributed by atoms with E-state index in [4.69, 9.17) is 11.6 Å². The molecule has 0 unspecified atom stereocenters. The molecule has 6 nitrogen and oxygen atoms in total. The Labute approximate surface area is 141 Å². The highest BCUT2D eigenvalue weighted by Gasteiger charge is 2.10. The molecule has 1 amide bonds. The number of benzene rings is 1. The van der Waals surface area contributed by atoms with Gasteiger partial charge in [0.15, 0.2) is 5.16 Å². The molecule has 2 aromatic heterocycles. The van der Waals surface area contributed by atoms with Crippen molar-refractivity contribution in [2.75, 3.05) is 11.1 Å². The van der Waals surface area contributed by atoms with E-state index in [1.807, 2.05) is 18.2 Å². The summed E-state index contributed by atoms with van der Waals surface area (Å²) in [5.74, 6) is 0.100. The van der Waals surface area contributed by atoms with Gasteiger partial charge in [-0.3, -0.25) is 14.3 Å². The van der Waals surface area contributed by atoms with E-state index in [2.05, 4.69) is 20.5 Å². The van der Waals surface area contributed by atoms with E-state index in [9.17, 15) is 4.79 Å². The first-order valence-electron chi connectivity index (χ1n) is 6.71. The molecular weight excluding hydrogens is 334 g/mol. The summed E-state index contributed by atoms with van der Waals surface area (Å²) in [6.45, 7) is 0. The molecule has 0 aliphatic rings. The minimum atomic E-state index is -0.123. The zero-order valence-corrected chi connectivity index (χ0v) is 13.5. The number of hydrogen-bond donors (Lipinski definition) is 1. The number of carbonyl (C=O) groups excluding carboxylic acids is 1. The Morgan fingerprint density at radius 1 is 1.26 bits per heavy atom. The largest absolute Gasteiger partial charge is 0.325 e. The number of halogens is 1.